The van der Waals surface area contributed by atoms with Crippen LogP contribution in [0.3, 0.4) is 0 Å². The fourth-order valence-electron chi connectivity index (χ4n) is 0.512. The van der Waals surface area contributed by atoms with Gasteiger partial charge in [-0.1, -0.05) is 19.8 Å². The van der Waals surface area contributed by atoms with Crippen LogP contribution in [0.4, 0.5) is 0 Å². The van der Waals surface area contributed by atoms with Gasteiger partial charge in [0, 0.05) is 16.5 Å². The van der Waals surface area contributed by atoms with Crippen LogP contribution in [0, 0.1) is 0 Å². The van der Waals surface area contributed by atoms with E-state index in [-0.39, 0.29) is 16.5 Å². The van der Waals surface area contributed by atoms with Crippen molar-refractivity contribution >= 4 is 8.25 Å². The quantitative estimate of drug-likeness (QED) is 0.426. The molecule has 0 amide bonds. The molecule has 0 aromatic carbocycles. The first-order valence-electron chi connectivity index (χ1n) is 3.13. The van der Waals surface area contributed by atoms with E-state index >= 15 is 0 Å². The molecule has 0 saturated carbocycles. The van der Waals surface area contributed by atoms with Crippen molar-refractivity contribution in [3.63, 3.8) is 0 Å². The summed E-state index contributed by atoms with van der Waals surface area (Å²) in [5, 5.41) is 0. The zero-order chi connectivity index (χ0) is 7.11. The molecule has 66 valence electrons. The molecule has 0 bridgehead atoms. The van der Waals surface area contributed by atoms with E-state index in [1.54, 1.807) is 0 Å². The molecule has 0 aliphatic heterocycles. The van der Waals surface area contributed by atoms with Gasteiger partial charge in [-0.2, -0.15) is 0 Å². The third kappa shape index (κ3) is 11.4. The van der Waals surface area contributed by atoms with Gasteiger partial charge in [0.25, 0.3) is 0 Å². The Hall–Kier alpha value is 0.644. The van der Waals surface area contributed by atoms with E-state index in [1.807, 2.05) is 0 Å². The van der Waals surface area contributed by atoms with Gasteiger partial charge < -0.3 is 9.42 Å². The average Bonchev–Trinajstić information content (AvgIpc) is 1.80. The number of unbranched alkanes of at least 4 members (excludes halogenated alkanes) is 2. The van der Waals surface area contributed by atoms with Gasteiger partial charge in [0.05, 0.1) is 6.61 Å². The van der Waals surface area contributed by atoms with Crippen LogP contribution in [0.15, 0.2) is 0 Å². The summed E-state index contributed by atoms with van der Waals surface area (Å²) < 4.78 is 14.4. The molecule has 5 heteroatoms. The maximum atomic E-state index is 9.93. The molecule has 0 rings (SSSR count). The Morgan fingerprint density at radius 3 is 2.50 bits per heavy atom. The van der Waals surface area contributed by atoms with Gasteiger partial charge in [-0.25, -0.2) is 0 Å². The smallest absolute Gasteiger partial charge is 0.316 e. The minimum atomic E-state index is -2.67. The van der Waals surface area contributed by atoms with Crippen LogP contribution in [0.25, 0.3) is 0 Å². The van der Waals surface area contributed by atoms with E-state index < -0.39 is 8.25 Å². The molecular weight excluding hydrogens is 198 g/mol. The van der Waals surface area contributed by atoms with Crippen LogP contribution < -0.4 is 0 Å². The van der Waals surface area contributed by atoms with Crippen molar-refractivity contribution in [2.45, 2.75) is 26.2 Å². The van der Waals surface area contributed by atoms with Gasteiger partial charge in [0.1, 0.15) is 0 Å². The van der Waals surface area contributed by atoms with Crippen molar-refractivity contribution in [1.82, 2.24) is 0 Å². The van der Waals surface area contributed by atoms with Crippen molar-refractivity contribution in [2.24, 2.45) is 0 Å². The van der Waals surface area contributed by atoms with E-state index in [9.17, 15) is 4.57 Å². The first kappa shape index (κ1) is 13.2. The monoisotopic (exact) mass is 210 g/mol. The zero-order valence-electron chi connectivity index (χ0n) is 5.91. The summed E-state index contributed by atoms with van der Waals surface area (Å²) in [6.45, 7) is 2.49. The Kier molecular flexibility index (Phi) is 12.8. The van der Waals surface area contributed by atoms with Gasteiger partial charge in [0.2, 0.25) is 0 Å². The van der Waals surface area contributed by atoms with Crippen molar-refractivity contribution < 1.29 is 30.5 Å². The topological polar surface area (TPSA) is 46.5 Å². The molecule has 0 radical (unpaired) electrons. The van der Waals surface area contributed by atoms with E-state index in [1.165, 1.54) is 0 Å². The van der Waals surface area contributed by atoms with Crippen molar-refractivity contribution in [1.29, 1.82) is 0 Å². The molecule has 10 heavy (non-hydrogen) atoms. The number of rotatable bonds is 5. The summed E-state index contributed by atoms with van der Waals surface area (Å²) in [6, 6.07) is 0. The fourth-order valence-corrected chi connectivity index (χ4v) is 0.830. The Morgan fingerprint density at radius 2 is 2.10 bits per heavy atom. The molecule has 0 aromatic rings. The molecule has 1 unspecified atom stereocenters. The van der Waals surface area contributed by atoms with Gasteiger partial charge in [-0.05, 0) is 6.42 Å². The van der Waals surface area contributed by atoms with E-state index in [4.69, 9.17) is 4.89 Å². The van der Waals surface area contributed by atoms with Crippen molar-refractivity contribution in [2.75, 3.05) is 6.61 Å². The SMILES string of the molecule is CCCCCO[PH](=O)O.[Ni]. The third-order valence-corrected chi connectivity index (χ3v) is 1.42. The van der Waals surface area contributed by atoms with Crippen LogP contribution in [0.1, 0.15) is 26.2 Å². The van der Waals surface area contributed by atoms with Crippen LogP contribution in [-0.2, 0) is 25.6 Å². The zero-order valence-corrected chi connectivity index (χ0v) is 7.90. The second-order valence-corrected chi connectivity index (χ2v) is 2.64. The molecule has 0 spiro atoms. The summed E-state index contributed by atoms with van der Waals surface area (Å²) in [7, 11) is -2.67. The largest absolute Gasteiger partial charge is 0.326 e. The van der Waals surface area contributed by atoms with Crippen LogP contribution >= 0.6 is 8.25 Å². The minimum absolute atomic E-state index is 0. The van der Waals surface area contributed by atoms with Crippen LogP contribution in [-0.4, -0.2) is 11.5 Å². The van der Waals surface area contributed by atoms with E-state index in [2.05, 4.69) is 11.4 Å². The molecule has 0 heterocycles. The van der Waals surface area contributed by atoms with Crippen LogP contribution in [0.5, 0.6) is 0 Å². The summed E-state index contributed by atoms with van der Waals surface area (Å²) in [5.74, 6) is 0. The standard InChI is InChI=1S/C5H13O3P.Ni/c1-2-3-4-5-8-9(6)7;/h9H,2-5H2,1H3,(H,6,7);. The molecule has 0 saturated heterocycles. The van der Waals surface area contributed by atoms with Gasteiger partial charge >= 0.3 is 8.25 Å². The third-order valence-electron chi connectivity index (χ3n) is 0.973. The van der Waals surface area contributed by atoms with E-state index in [0.29, 0.717) is 6.61 Å². The predicted molar refractivity (Wildman–Crippen MR) is 36.7 cm³/mol. The number of hydrogen-bond donors (Lipinski definition) is 1. The van der Waals surface area contributed by atoms with Gasteiger partial charge in [-0.3, -0.25) is 4.57 Å². The first-order valence-corrected chi connectivity index (χ1v) is 4.39. The van der Waals surface area contributed by atoms with Crippen molar-refractivity contribution in [3.8, 4) is 0 Å². The van der Waals surface area contributed by atoms with Gasteiger partial charge in [-0.15, -0.1) is 0 Å². The first-order chi connectivity index (χ1) is 4.27. The number of hydrogen-bond acceptors (Lipinski definition) is 2. The van der Waals surface area contributed by atoms with Crippen LogP contribution in [0.2, 0.25) is 0 Å². The second kappa shape index (κ2) is 9.64. The molecule has 0 aliphatic rings. The summed E-state index contributed by atoms with van der Waals surface area (Å²) in [6.07, 6.45) is 3.05. The second-order valence-electron chi connectivity index (χ2n) is 1.82. The Labute approximate surface area is 72.0 Å². The summed E-state index contributed by atoms with van der Waals surface area (Å²) in [5.41, 5.74) is 0. The normalized spacial score (nSPS) is 12.2. The summed E-state index contributed by atoms with van der Waals surface area (Å²) >= 11 is 0. The maximum absolute atomic E-state index is 9.93. The molecule has 0 fully saturated rings. The Balaban J connectivity index is 0. The van der Waals surface area contributed by atoms with Gasteiger partial charge in [0.15, 0.2) is 0 Å². The predicted octanol–water partition coefficient (Wildman–Crippen LogP) is 1.57. The molecule has 1 N–H and O–H groups in total. The molecule has 0 aromatic heterocycles. The maximum Gasteiger partial charge on any atom is 0.316 e. The van der Waals surface area contributed by atoms with Crippen molar-refractivity contribution in [3.05, 3.63) is 0 Å². The molecule has 0 aliphatic carbocycles. The van der Waals surface area contributed by atoms with E-state index in [0.717, 1.165) is 19.3 Å². The fraction of sp³-hybridized carbons (Fsp3) is 1.00. The minimum Gasteiger partial charge on any atom is -0.326 e. The Bertz CT molecular complexity index is 89.0. The molecule has 1 atom stereocenters. The summed E-state index contributed by atoms with van der Waals surface area (Å²) in [4.78, 5) is 8.18. The average molecular weight is 211 g/mol. The molecular formula is C5H13NiO3P. The Morgan fingerprint density at radius 1 is 1.50 bits per heavy atom. The molecule has 3 nitrogen and oxygen atoms in total.